The maximum atomic E-state index is 12.4. The highest BCUT2D eigenvalue weighted by Crippen LogP contribution is 2.22. The number of pyridine rings is 1. The molecule has 7 nitrogen and oxygen atoms in total. The lowest BCUT2D eigenvalue weighted by molar-refractivity contribution is 0.193. The van der Waals surface area contributed by atoms with E-state index in [0.29, 0.717) is 6.54 Å². The van der Waals surface area contributed by atoms with Gasteiger partial charge >= 0.3 is 6.03 Å². The molecule has 2 amide bonds. The summed E-state index contributed by atoms with van der Waals surface area (Å²) in [5, 5.41) is 14.5. The van der Waals surface area contributed by atoms with Crippen molar-refractivity contribution in [1.29, 1.82) is 0 Å². The first-order valence-corrected chi connectivity index (χ1v) is 8.79. The molecule has 0 spiro atoms. The molecule has 3 aromatic rings. The van der Waals surface area contributed by atoms with Gasteiger partial charge in [0.25, 0.3) is 0 Å². The molecule has 0 radical (unpaired) electrons. The number of nitrogens with one attached hydrogen (secondary N) is 1. The van der Waals surface area contributed by atoms with Gasteiger partial charge in [0.2, 0.25) is 0 Å². The molecule has 0 unspecified atom stereocenters. The van der Waals surface area contributed by atoms with E-state index in [9.17, 15) is 4.79 Å². The van der Waals surface area contributed by atoms with Gasteiger partial charge in [-0.15, -0.1) is 21.5 Å². The predicted molar refractivity (Wildman–Crippen MR) is 93.3 cm³/mol. The van der Waals surface area contributed by atoms with Crippen molar-refractivity contribution in [3.05, 3.63) is 47.7 Å². The van der Waals surface area contributed by atoms with Crippen LogP contribution in [-0.4, -0.2) is 51.7 Å². The van der Waals surface area contributed by atoms with Crippen LogP contribution in [0.5, 0.6) is 0 Å². The highest BCUT2D eigenvalue weighted by molar-refractivity contribution is 7.14. The summed E-state index contributed by atoms with van der Waals surface area (Å²) in [7, 11) is 0. The van der Waals surface area contributed by atoms with Crippen LogP contribution in [0.1, 0.15) is 5.82 Å². The number of carbonyl (C=O) groups excluding carboxylic acids is 1. The summed E-state index contributed by atoms with van der Waals surface area (Å²) in [5.74, 6) is 0.733. The van der Waals surface area contributed by atoms with Crippen LogP contribution in [0.3, 0.4) is 0 Å². The van der Waals surface area contributed by atoms with Crippen LogP contribution in [0.15, 0.2) is 41.9 Å². The van der Waals surface area contributed by atoms with Crippen LogP contribution in [0.25, 0.3) is 5.65 Å². The fraction of sp³-hybridized carbons (Fsp3) is 0.312. The van der Waals surface area contributed by atoms with Crippen molar-refractivity contribution in [2.24, 2.45) is 0 Å². The second kappa shape index (κ2) is 6.48. The van der Waals surface area contributed by atoms with E-state index in [4.69, 9.17) is 0 Å². The van der Waals surface area contributed by atoms with Gasteiger partial charge in [0.15, 0.2) is 11.5 Å². The second-order valence-corrected chi connectivity index (χ2v) is 6.56. The molecule has 0 saturated carbocycles. The van der Waals surface area contributed by atoms with Gasteiger partial charge < -0.3 is 15.1 Å². The quantitative estimate of drug-likeness (QED) is 0.788. The first-order chi connectivity index (χ1) is 11.8. The van der Waals surface area contributed by atoms with Crippen molar-refractivity contribution in [3.63, 3.8) is 0 Å². The highest BCUT2D eigenvalue weighted by Gasteiger charge is 2.21. The Labute approximate surface area is 143 Å². The molecule has 0 aliphatic carbocycles. The Balaban J connectivity index is 1.32. The molecule has 4 rings (SSSR count). The van der Waals surface area contributed by atoms with E-state index >= 15 is 0 Å². The zero-order valence-electron chi connectivity index (χ0n) is 13.1. The molecule has 1 fully saturated rings. The average molecular weight is 342 g/mol. The van der Waals surface area contributed by atoms with Gasteiger partial charge in [-0.1, -0.05) is 6.07 Å². The molecule has 0 atom stereocenters. The first kappa shape index (κ1) is 14.9. The number of urea groups is 1. The highest BCUT2D eigenvalue weighted by atomic mass is 32.1. The molecule has 0 aromatic carbocycles. The third kappa shape index (κ3) is 2.92. The number of amides is 2. The third-order valence-corrected chi connectivity index (χ3v) is 5.10. The molecule has 0 bridgehead atoms. The molecule has 24 heavy (non-hydrogen) atoms. The topological polar surface area (TPSA) is 65.8 Å². The van der Waals surface area contributed by atoms with E-state index in [1.807, 2.05) is 33.7 Å². The molecule has 124 valence electrons. The van der Waals surface area contributed by atoms with Crippen LogP contribution in [0.2, 0.25) is 0 Å². The van der Waals surface area contributed by atoms with Crippen LogP contribution in [-0.2, 0) is 6.54 Å². The summed E-state index contributed by atoms with van der Waals surface area (Å²) in [6.45, 7) is 3.55. The summed E-state index contributed by atoms with van der Waals surface area (Å²) < 4.78 is 1.88. The number of fused-ring (bicyclic) bond motifs is 1. The second-order valence-electron chi connectivity index (χ2n) is 5.63. The lowest BCUT2D eigenvalue weighted by Gasteiger charge is -2.35. The molecule has 8 heteroatoms. The van der Waals surface area contributed by atoms with E-state index in [-0.39, 0.29) is 6.03 Å². The molecule has 4 heterocycles. The van der Waals surface area contributed by atoms with Crippen LogP contribution < -0.4 is 10.2 Å². The Kier molecular flexibility index (Phi) is 4.04. The lowest BCUT2D eigenvalue weighted by Crippen LogP contribution is -2.51. The Hall–Kier alpha value is -2.61. The number of hydrogen-bond acceptors (Lipinski definition) is 5. The maximum absolute atomic E-state index is 12.4. The van der Waals surface area contributed by atoms with Crippen molar-refractivity contribution >= 4 is 28.0 Å². The average Bonchev–Trinajstić information content (AvgIpc) is 3.30. The van der Waals surface area contributed by atoms with Crippen molar-refractivity contribution in [2.45, 2.75) is 6.54 Å². The summed E-state index contributed by atoms with van der Waals surface area (Å²) in [6.07, 6.45) is 1.90. The minimum Gasteiger partial charge on any atom is -0.360 e. The van der Waals surface area contributed by atoms with Crippen molar-refractivity contribution in [1.82, 2.24) is 24.8 Å². The molecule has 1 aliphatic rings. The molecular weight excluding hydrogens is 324 g/mol. The zero-order valence-corrected chi connectivity index (χ0v) is 13.9. The van der Waals surface area contributed by atoms with Gasteiger partial charge in [-0.2, -0.15) is 0 Å². The van der Waals surface area contributed by atoms with Gasteiger partial charge in [-0.3, -0.25) is 4.40 Å². The molecule has 1 N–H and O–H groups in total. The smallest absolute Gasteiger partial charge is 0.317 e. The summed E-state index contributed by atoms with van der Waals surface area (Å²) in [5.41, 5.74) is 0.784. The van der Waals surface area contributed by atoms with Crippen molar-refractivity contribution < 1.29 is 4.79 Å². The number of nitrogens with zero attached hydrogens (tertiary/aromatic N) is 5. The minimum atomic E-state index is -0.0477. The molecule has 3 aromatic heterocycles. The molecule has 1 aliphatic heterocycles. The zero-order chi connectivity index (χ0) is 16.4. The van der Waals surface area contributed by atoms with Gasteiger partial charge in [-0.05, 0) is 29.6 Å². The number of thiophene rings is 1. The summed E-state index contributed by atoms with van der Waals surface area (Å²) in [6, 6.07) is 9.86. The van der Waals surface area contributed by atoms with Gasteiger partial charge in [0.05, 0.1) is 11.5 Å². The van der Waals surface area contributed by atoms with E-state index < -0.39 is 0 Å². The Bertz CT molecular complexity index is 822. The third-order valence-electron chi connectivity index (χ3n) is 4.17. The largest absolute Gasteiger partial charge is 0.360 e. The van der Waals surface area contributed by atoms with Crippen molar-refractivity contribution in [2.75, 3.05) is 31.1 Å². The Morgan fingerprint density at radius 1 is 1.12 bits per heavy atom. The number of hydrogen-bond donors (Lipinski definition) is 1. The Morgan fingerprint density at radius 3 is 2.79 bits per heavy atom. The fourth-order valence-corrected chi connectivity index (χ4v) is 3.64. The Morgan fingerprint density at radius 2 is 2.00 bits per heavy atom. The lowest BCUT2D eigenvalue weighted by atomic mass is 10.3. The fourth-order valence-electron chi connectivity index (χ4n) is 2.86. The van der Waals surface area contributed by atoms with E-state index in [1.165, 1.54) is 5.00 Å². The number of carbonyl (C=O) groups is 1. The number of anilines is 1. The molecule has 1 saturated heterocycles. The van der Waals surface area contributed by atoms with E-state index in [0.717, 1.165) is 37.7 Å². The van der Waals surface area contributed by atoms with Crippen molar-refractivity contribution in [3.8, 4) is 0 Å². The van der Waals surface area contributed by atoms with Crippen LogP contribution in [0.4, 0.5) is 9.80 Å². The number of rotatable bonds is 3. The normalized spacial score (nSPS) is 15.0. The SMILES string of the molecule is O=C(NCc1nnc2ccccn12)N1CCN(c2cccs2)CC1. The number of aromatic nitrogens is 3. The van der Waals surface area contributed by atoms with Gasteiger partial charge in [-0.25, -0.2) is 4.79 Å². The van der Waals surface area contributed by atoms with Gasteiger partial charge in [0, 0.05) is 32.4 Å². The van der Waals surface area contributed by atoms with E-state index in [1.54, 1.807) is 11.3 Å². The minimum absolute atomic E-state index is 0.0477. The monoisotopic (exact) mass is 342 g/mol. The standard InChI is InChI=1S/C16H18N6OS/c23-16(17-12-14-19-18-13-4-1-2-6-22(13)14)21-9-7-20(8-10-21)15-5-3-11-24-15/h1-6,11H,7-10,12H2,(H,17,23). The van der Waals surface area contributed by atoms with E-state index in [2.05, 4.69) is 37.9 Å². The van der Waals surface area contributed by atoms with Crippen LogP contribution >= 0.6 is 11.3 Å². The summed E-state index contributed by atoms with van der Waals surface area (Å²) in [4.78, 5) is 16.5. The number of piperazine rings is 1. The van der Waals surface area contributed by atoms with Gasteiger partial charge in [0.1, 0.15) is 0 Å². The first-order valence-electron chi connectivity index (χ1n) is 7.91. The van der Waals surface area contributed by atoms with Crippen LogP contribution in [0, 0.1) is 0 Å². The summed E-state index contributed by atoms with van der Waals surface area (Å²) >= 11 is 1.74. The predicted octanol–water partition coefficient (Wildman–Crippen LogP) is 1.82. The maximum Gasteiger partial charge on any atom is 0.317 e. The molecular formula is C16H18N6OS.